The van der Waals surface area contributed by atoms with Crippen molar-refractivity contribution in [2.24, 2.45) is 11.8 Å². The van der Waals surface area contributed by atoms with Gasteiger partial charge in [-0.25, -0.2) is 0 Å². The largest absolute Gasteiger partial charge is 0.306 e. The van der Waals surface area contributed by atoms with E-state index in [9.17, 15) is 0 Å². The van der Waals surface area contributed by atoms with Gasteiger partial charge in [-0.15, -0.1) is 0 Å². The molecule has 2 saturated carbocycles. The molecule has 2 aliphatic rings. The summed E-state index contributed by atoms with van der Waals surface area (Å²) in [6.45, 7) is 4.27. The van der Waals surface area contributed by atoms with E-state index in [0.717, 1.165) is 17.9 Å². The highest BCUT2D eigenvalue weighted by Gasteiger charge is 2.37. The van der Waals surface area contributed by atoms with E-state index in [1.54, 1.807) is 5.57 Å². The molecule has 80 valence electrons. The molecule has 0 saturated heterocycles. The Balaban J connectivity index is 2.11. The zero-order valence-corrected chi connectivity index (χ0v) is 9.63. The summed E-state index contributed by atoms with van der Waals surface area (Å²) in [4.78, 5) is 2.44. The molecule has 1 nitrogen and oxygen atoms in total. The van der Waals surface area contributed by atoms with Gasteiger partial charge in [-0.1, -0.05) is 18.6 Å². The Morgan fingerprint density at radius 2 is 1.93 bits per heavy atom. The molecule has 2 fully saturated rings. The summed E-state index contributed by atoms with van der Waals surface area (Å²) in [6, 6.07) is 0.825. The van der Waals surface area contributed by atoms with Crippen LogP contribution in [0.5, 0.6) is 0 Å². The summed E-state index contributed by atoms with van der Waals surface area (Å²) in [5, 5.41) is 0. The predicted molar refractivity (Wildman–Crippen MR) is 61.3 cm³/mol. The molecule has 1 heteroatoms. The zero-order chi connectivity index (χ0) is 10.1. The monoisotopic (exact) mass is 193 g/mol. The predicted octanol–water partition coefficient (Wildman–Crippen LogP) is 3.07. The van der Waals surface area contributed by atoms with Crippen LogP contribution >= 0.6 is 0 Å². The Bertz CT molecular complexity index is 219. The van der Waals surface area contributed by atoms with Crippen molar-refractivity contribution in [1.82, 2.24) is 4.90 Å². The minimum absolute atomic E-state index is 0.825. The first-order valence-electron chi connectivity index (χ1n) is 6.04. The van der Waals surface area contributed by atoms with Crippen molar-refractivity contribution in [2.45, 2.75) is 44.6 Å². The number of nitrogens with zero attached hydrogens (tertiary/aromatic N) is 1. The number of allylic oxidation sites excluding steroid dienone is 1. The summed E-state index contributed by atoms with van der Waals surface area (Å²) in [6.07, 6.45) is 8.33. The van der Waals surface area contributed by atoms with Gasteiger partial charge in [0, 0.05) is 6.04 Å². The SMILES string of the molecule is C=C1CCCC2C1CCCC2N(C)C. The topological polar surface area (TPSA) is 3.24 Å². The van der Waals surface area contributed by atoms with Crippen LogP contribution in [0, 0.1) is 11.8 Å². The molecule has 0 bridgehead atoms. The zero-order valence-electron chi connectivity index (χ0n) is 9.63. The molecule has 3 atom stereocenters. The average Bonchev–Trinajstić information content (AvgIpc) is 2.17. The summed E-state index contributed by atoms with van der Waals surface area (Å²) < 4.78 is 0. The lowest BCUT2D eigenvalue weighted by Gasteiger charge is -2.45. The highest BCUT2D eigenvalue weighted by atomic mass is 15.1. The van der Waals surface area contributed by atoms with Gasteiger partial charge in [-0.2, -0.15) is 0 Å². The van der Waals surface area contributed by atoms with Crippen molar-refractivity contribution < 1.29 is 0 Å². The average molecular weight is 193 g/mol. The summed E-state index contributed by atoms with van der Waals surface area (Å²) in [5.41, 5.74) is 1.55. The molecule has 2 rings (SSSR count). The van der Waals surface area contributed by atoms with Crippen LogP contribution in [0.4, 0.5) is 0 Å². The smallest absolute Gasteiger partial charge is 0.0123 e. The fourth-order valence-corrected chi connectivity index (χ4v) is 3.54. The van der Waals surface area contributed by atoms with E-state index in [1.807, 2.05) is 0 Å². The third-order valence-corrected chi connectivity index (χ3v) is 4.25. The Morgan fingerprint density at radius 1 is 1.14 bits per heavy atom. The first kappa shape index (κ1) is 10.2. The van der Waals surface area contributed by atoms with Crippen LogP contribution in [0.3, 0.4) is 0 Å². The van der Waals surface area contributed by atoms with Gasteiger partial charge in [0.05, 0.1) is 0 Å². The molecule has 0 spiro atoms. The van der Waals surface area contributed by atoms with Gasteiger partial charge >= 0.3 is 0 Å². The molecular weight excluding hydrogens is 170 g/mol. The van der Waals surface area contributed by atoms with Gasteiger partial charge < -0.3 is 4.90 Å². The number of hydrogen-bond donors (Lipinski definition) is 0. The molecule has 14 heavy (non-hydrogen) atoms. The van der Waals surface area contributed by atoms with Crippen molar-refractivity contribution in [1.29, 1.82) is 0 Å². The van der Waals surface area contributed by atoms with E-state index in [-0.39, 0.29) is 0 Å². The molecule has 0 aromatic heterocycles. The van der Waals surface area contributed by atoms with Crippen molar-refractivity contribution in [3.05, 3.63) is 12.2 Å². The normalized spacial score (nSPS) is 38.5. The molecule has 0 aliphatic heterocycles. The first-order valence-corrected chi connectivity index (χ1v) is 6.04. The van der Waals surface area contributed by atoms with E-state index in [2.05, 4.69) is 25.6 Å². The van der Waals surface area contributed by atoms with Gasteiger partial charge in [-0.05, 0) is 58.0 Å². The third kappa shape index (κ3) is 1.75. The molecule has 3 unspecified atom stereocenters. The van der Waals surface area contributed by atoms with E-state index < -0.39 is 0 Å². The minimum atomic E-state index is 0.825. The molecule has 0 N–H and O–H groups in total. The summed E-state index contributed by atoms with van der Waals surface area (Å²) >= 11 is 0. The Kier molecular flexibility index (Phi) is 2.96. The fourth-order valence-electron chi connectivity index (χ4n) is 3.54. The lowest BCUT2D eigenvalue weighted by atomic mass is 9.66. The molecule has 2 aliphatic carbocycles. The van der Waals surface area contributed by atoms with Gasteiger partial charge in [0.2, 0.25) is 0 Å². The lowest BCUT2D eigenvalue weighted by molar-refractivity contribution is 0.0965. The van der Waals surface area contributed by atoms with Crippen molar-refractivity contribution in [2.75, 3.05) is 14.1 Å². The summed E-state index contributed by atoms with van der Waals surface area (Å²) in [7, 11) is 4.48. The second-order valence-corrected chi connectivity index (χ2v) is 5.28. The molecule has 0 radical (unpaired) electrons. The van der Waals surface area contributed by atoms with Crippen LogP contribution in [0.2, 0.25) is 0 Å². The van der Waals surface area contributed by atoms with Crippen LogP contribution < -0.4 is 0 Å². The first-order chi connectivity index (χ1) is 6.70. The number of hydrogen-bond acceptors (Lipinski definition) is 1. The highest BCUT2D eigenvalue weighted by Crippen LogP contribution is 2.44. The molecule has 0 amide bonds. The minimum Gasteiger partial charge on any atom is -0.306 e. The van der Waals surface area contributed by atoms with Crippen LogP contribution in [0.25, 0.3) is 0 Å². The van der Waals surface area contributed by atoms with Crippen LogP contribution in [0.15, 0.2) is 12.2 Å². The Labute approximate surface area is 88.2 Å². The van der Waals surface area contributed by atoms with Gasteiger partial charge in [0.1, 0.15) is 0 Å². The maximum absolute atomic E-state index is 4.27. The fraction of sp³-hybridized carbons (Fsp3) is 0.846. The molecule has 0 aromatic rings. The van der Waals surface area contributed by atoms with Gasteiger partial charge in [-0.3, -0.25) is 0 Å². The van der Waals surface area contributed by atoms with Crippen molar-refractivity contribution in [3.63, 3.8) is 0 Å². The second kappa shape index (κ2) is 4.06. The second-order valence-electron chi connectivity index (χ2n) is 5.28. The Morgan fingerprint density at radius 3 is 2.64 bits per heavy atom. The van der Waals surface area contributed by atoms with E-state index in [1.165, 1.54) is 38.5 Å². The maximum Gasteiger partial charge on any atom is 0.0123 e. The van der Waals surface area contributed by atoms with Crippen LogP contribution in [0.1, 0.15) is 38.5 Å². The third-order valence-electron chi connectivity index (χ3n) is 4.25. The van der Waals surface area contributed by atoms with Crippen molar-refractivity contribution >= 4 is 0 Å². The standard InChI is InChI=1S/C13H23N/c1-10-6-4-8-12-11(10)7-5-9-13(12)14(2)3/h11-13H,1,4-9H2,2-3H3. The van der Waals surface area contributed by atoms with Gasteiger partial charge in [0.15, 0.2) is 0 Å². The molecule has 0 aromatic carbocycles. The van der Waals surface area contributed by atoms with Crippen molar-refractivity contribution in [3.8, 4) is 0 Å². The maximum atomic E-state index is 4.27. The van der Waals surface area contributed by atoms with E-state index >= 15 is 0 Å². The van der Waals surface area contributed by atoms with E-state index in [0.29, 0.717) is 0 Å². The Hall–Kier alpha value is -0.300. The number of fused-ring (bicyclic) bond motifs is 1. The molecule has 0 heterocycles. The quantitative estimate of drug-likeness (QED) is 0.578. The highest BCUT2D eigenvalue weighted by molar-refractivity contribution is 5.09. The lowest BCUT2D eigenvalue weighted by Crippen LogP contribution is -2.43. The van der Waals surface area contributed by atoms with Crippen LogP contribution in [-0.4, -0.2) is 25.0 Å². The van der Waals surface area contributed by atoms with Crippen LogP contribution in [-0.2, 0) is 0 Å². The number of rotatable bonds is 1. The summed E-state index contributed by atoms with van der Waals surface area (Å²) in [5.74, 6) is 1.77. The van der Waals surface area contributed by atoms with E-state index in [4.69, 9.17) is 0 Å². The molecular formula is C13H23N. The van der Waals surface area contributed by atoms with Gasteiger partial charge in [0.25, 0.3) is 0 Å².